The van der Waals surface area contributed by atoms with Crippen LogP contribution in [0.2, 0.25) is 5.02 Å². The van der Waals surface area contributed by atoms with Crippen molar-refractivity contribution in [2.45, 2.75) is 31.7 Å². The molecule has 0 atom stereocenters. The molecule has 2 N–H and O–H groups in total. The predicted molar refractivity (Wildman–Crippen MR) is 106 cm³/mol. The highest BCUT2D eigenvalue weighted by Crippen LogP contribution is 2.20. The third-order valence-corrected chi connectivity index (χ3v) is 4.85. The van der Waals surface area contributed by atoms with E-state index in [0.717, 1.165) is 37.8 Å². The number of hydrogen-bond acceptors (Lipinski definition) is 4. The van der Waals surface area contributed by atoms with Gasteiger partial charge in [0.25, 0.3) is 11.8 Å². The Bertz CT molecular complexity index is 929. The van der Waals surface area contributed by atoms with Gasteiger partial charge in [0.05, 0.1) is 16.8 Å². The second kappa shape index (κ2) is 9.52. The van der Waals surface area contributed by atoms with E-state index in [9.17, 15) is 18.8 Å². The van der Waals surface area contributed by atoms with Crippen LogP contribution in [0.4, 0.5) is 10.1 Å². The van der Waals surface area contributed by atoms with Crippen molar-refractivity contribution in [3.63, 3.8) is 0 Å². The molecule has 0 saturated heterocycles. The van der Waals surface area contributed by atoms with E-state index in [2.05, 4.69) is 10.6 Å². The van der Waals surface area contributed by atoms with Crippen LogP contribution in [0.25, 0.3) is 0 Å². The fourth-order valence-corrected chi connectivity index (χ4v) is 3.34. The van der Waals surface area contributed by atoms with Gasteiger partial charge in [-0.2, -0.15) is 0 Å². The molecule has 0 unspecified atom stereocenters. The number of rotatable bonds is 6. The predicted octanol–water partition coefficient (Wildman–Crippen LogP) is 3.95. The number of hydrogen-bond donors (Lipinski definition) is 2. The van der Waals surface area contributed by atoms with Gasteiger partial charge in [-0.15, -0.1) is 0 Å². The smallest absolute Gasteiger partial charge is 0.341 e. The molecule has 152 valence electrons. The van der Waals surface area contributed by atoms with Gasteiger partial charge in [0.1, 0.15) is 5.82 Å². The SMILES string of the molecule is O=C(COC(=O)c1cc(Cl)ccc1F)Nc1ccccc1C(=O)NC1CCCC1. The number of anilines is 1. The Morgan fingerprint density at radius 3 is 2.55 bits per heavy atom. The Hall–Kier alpha value is -2.93. The van der Waals surface area contributed by atoms with E-state index in [-0.39, 0.29) is 22.5 Å². The van der Waals surface area contributed by atoms with Crippen LogP contribution in [-0.4, -0.2) is 30.4 Å². The van der Waals surface area contributed by atoms with E-state index in [1.54, 1.807) is 24.3 Å². The Morgan fingerprint density at radius 1 is 1.07 bits per heavy atom. The summed E-state index contributed by atoms with van der Waals surface area (Å²) in [6.07, 6.45) is 4.05. The topological polar surface area (TPSA) is 84.5 Å². The number of para-hydroxylation sites is 1. The number of halogens is 2. The molecule has 0 aliphatic heterocycles. The highest BCUT2D eigenvalue weighted by Gasteiger charge is 2.21. The van der Waals surface area contributed by atoms with E-state index in [4.69, 9.17) is 16.3 Å². The zero-order valence-electron chi connectivity index (χ0n) is 15.5. The molecule has 1 fully saturated rings. The molecule has 6 nitrogen and oxygen atoms in total. The lowest BCUT2D eigenvalue weighted by molar-refractivity contribution is -0.119. The van der Waals surface area contributed by atoms with Crippen molar-refractivity contribution in [3.8, 4) is 0 Å². The largest absolute Gasteiger partial charge is 0.452 e. The first-order valence-electron chi connectivity index (χ1n) is 9.26. The summed E-state index contributed by atoms with van der Waals surface area (Å²) >= 11 is 5.75. The molecule has 2 aromatic rings. The van der Waals surface area contributed by atoms with Crippen molar-refractivity contribution in [3.05, 3.63) is 64.4 Å². The van der Waals surface area contributed by atoms with E-state index < -0.39 is 24.3 Å². The third kappa shape index (κ3) is 5.54. The van der Waals surface area contributed by atoms with Gasteiger partial charge in [-0.3, -0.25) is 9.59 Å². The number of benzene rings is 2. The molecule has 0 aromatic heterocycles. The quantitative estimate of drug-likeness (QED) is 0.696. The molecule has 2 aromatic carbocycles. The van der Waals surface area contributed by atoms with E-state index >= 15 is 0 Å². The number of esters is 1. The van der Waals surface area contributed by atoms with Crippen molar-refractivity contribution in [2.24, 2.45) is 0 Å². The zero-order chi connectivity index (χ0) is 20.8. The second-order valence-corrected chi connectivity index (χ2v) is 7.19. The van der Waals surface area contributed by atoms with E-state index in [1.807, 2.05) is 0 Å². The Labute approximate surface area is 172 Å². The van der Waals surface area contributed by atoms with Crippen molar-refractivity contribution >= 4 is 35.1 Å². The van der Waals surface area contributed by atoms with Crippen LogP contribution in [0.5, 0.6) is 0 Å². The first-order chi connectivity index (χ1) is 13.9. The van der Waals surface area contributed by atoms with Crippen LogP contribution in [0, 0.1) is 5.82 Å². The molecule has 1 aliphatic carbocycles. The summed E-state index contributed by atoms with van der Waals surface area (Å²) in [5, 5.41) is 5.69. The van der Waals surface area contributed by atoms with E-state index in [1.165, 1.54) is 6.07 Å². The maximum Gasteiger partial charge on any atom is 0.341 e. The highest BCUT2D eigenvalue weighted by molar-refractivity contribution is 6.30. The molecule has 1 saturated carbocycles. The molecule has 0 heterocycles. The first kappa shape index (κ1) is 20.8. The third-order valence-electron chi connectivity index (χ3n) is 4.62. The number of carbonyl (C=O) groups is 3. The number of ether oxygens (including phenoxy) is 1. The zero-order valence-corrected chi connectivity index (χ0v) is 16.3. The molecule has 0 radical (unpaired) electrons. The van der Waals surface area contributed by atoms with Crippen molar-refractivity contribution in [1.29, 1.82) is 0 Å². The number of amides is 2. The fourth-order valence-electron chi connectivity index (χ4n) is 3.17. The normalized spacial score (nSPS) is 13.7. The lowest BCUT2D eigenvalue weighted by atomic mass is 10.1. The Balaban J connectivity index is 1.60. The average molecular weight is 419 g/mol. The molecule has 0 bridgehead atoms. The molecule has 8 heteroatoms. The minimum atomic E-state index is -1.01. The fraction of sp³-hybridized carbons (Fsp3) is 0.286. The van der Waals surface area contributed by atoms with Crippen molar-refractivity contribution in [2.75, 3.05) is 11.9 Å². The Kier molecular flexibility index (Phi) is 6.82. The van der Waals surface area contributed by atoms with Gasteiger partial charge in [-0.25, -0.2) is 9.18 Å². The van der Waals surface area contributed by atoms with Crippen LogP contribution in [-0.2, 0) is 9.53 Å². The highest BCUT2D eigenvalue weighted by atomic mass is 35.5. The standard InChI is InChI=1S/C21H20ClFN2O4/c22-13-9-10-17(23)16(11-13)21(28)29-12-19(26)25-18-8-4-3-7-15(18)20(27)24-14-5-1-2-6-14/h3-4,7-11,14H,1-2,5-6,12H2,(H,24,27)(H,25,26). The van der Waals surface area contributed by atoms with Crippen LogP contribution in [0.15, 0.2) is 42.5 Å². The van der Waals surface area contributed by atoms with Gasteiger partial charge < -0.3 is 15.4 Å². The van der Waals surface area contributed by atoms with Gasteiger partial charge in [-0.1, -0.05) is 36.6 Å². The lowest BCUT2D eigenvalue weighted by Crippen LogP contribution is -2.33. The van der Waals surface area contributed by atoms with Gasteiger partial charge in [-0.05, 0) is 43.2 Å². The van der Waals surface area contributed by atoms with Gasteiger partial charge in [0.15, 0.2) is 6.61 Å². The van der Waals surface area contributed by atoms with Gasteiger partial charge in [0.2, 0.25) is 0 Å². The van der Waals surface area contributed by atoms with Crippen LogP contribution >= 0.6 is 11.6 Å². The molecule has 29 heavy (non-hydrogen) atoms. The minimum Gasteiger partial charge on any atom is -0.452 e. The molecular weight excluding hydrogens is 399 g/mol. The van der Waals surface area contributed by atoms with Crippen molar-refractivity contribution in [1.82, 2.24) is 5.32 Å². The summed E-state index contributed by atoms with van der Waals surface area (Å²) in [4.78, 5) is 36.7. The summed E-state index contributed by atoms with van der Waals surface area (Å²) < 4.78 is 18.6. The number of carbonyl (C=O) groups excluding carboxylic acids is 3. The summed E-state index contributed by atoms with van der Waals surface area (Å²) in [5.41, 5.74) is 0.264. The van der Waals surface area contributed by atoms with Crippen LogP contribution < -0.4 is 10.6 Å². The Morgan fingerprint density at radius 2 is 1.79 bits per heavy atom. The number of nitrogens with one attached hydrogen (secondary N) is 2. The van der Waals surface area contributed by atoms with E-state index in [0.29, 0.717) is 11.3 Å². The molecule has 0 spiro atoms. The average Bonchev–Trinajstić information content (AvgIpc) is 3.21. The molecule has 2 amide bonds. The van der Waals surface area contributed by atoms with Gasteiger partial charge in [0, 0.05) is 11.1 Å². The monoisotopic (exact) mass is 418 g/mol. The maximum atomic E-state index is 13.7. The molecule has 1 aliphatic rings. The molecular formula is C21H20ClFN2O4. The summed E-state index contributed by atoms with van der Waals surface area (Å²) in [6.45, 7) is -0.636. The molecule has 3 rings (SSSR count). The van der Waals surface area contributed by atoms with Crippen LogP contribution in [0.3, 0.4) is 0 Å². The van der Waals surface area contributed by atoms with Crippen LogP contribution in [0.1, 0.15) is 46.4 Å². The minimum absolute atomic E-state index is 0.139. The maximum absolute atomic E-state index is 13.7. The second-order valence-electron chi connectivity index (χ2n) is 6.75. The van der Waals surface area contributed by atoms with Gasteiger partial charge >= 0.3 is 5.97 Å². The van der Waals surface area contributed by atoms with Crippen molar-refractivity contribution < 1.29 is 23.5 Å². The lowest BCUT2D eigenvalue weighted by Gasteiger charge is -2.15. The summed E-state index contributed by atoms with van der Waals surface area (Å²) in [5.74, 6) is -2.73. The summed E-state index contributed by atoms with van der Waals surface area (Å²) in [6, 6.07) is 10.2. The summed E-state index contributed by atoms with van der Waals surface area (Å²) in [7, 11) is 0. The first-order valence-corrected chi connectivity index (χ1v) is 9.64.